The number of carbonyl (C=O) groups excluding carboxylic acids is 1. The summed E-state index contributed by atoms with van der Waals surface area (Å²) in [7, 11) is 0. The maximum absolute atomic E-state index is 12.9. The lowest BCUT2D eigenvalue weighted by Crippen LogP contribution is -2.43. The van der Waals surface area contributed by atoms with Gasteiger partial charge in [-0.05, 0) is 55.2 Å². The summed E-state index contributed by atoms with van der Waals surface area (Å²) in [6.07, 6.45) is 7.83. The molecular formula is C18H21N5O. The lowest BCUT2D eigenvalue weighted by atomic mass is 9.83. The summed E-state index contributed by atoms with van der Waals surface area (Å²) >= 11 is 0. The van der Waals surface area contributed by atoms with Crippen LogP contribution in [0.15, 0.2) is 30.4 Å². The molecule has 6 nitrogen and oxygen atoms in total. The van der Waals surface area contributed by atoms with E-state index in [0.717, 1.165) is 11.5 Å². The Balaban J connectivity index is 1.48. The SMILES string of the molecule is Cc1cc(C2CC2)ccc1CNC(=O)C1(c2nn[nH]n2)CC=CC1. The Labute approximate surface area is 140 Å². The highest BCUT2D eigenvalue weighted by Gasteiger charge is 2.44. The van der Waals surface area contributed by atoms with Crippen molar-refractivity contribution in [3.05, 3.63) is 52.9 Å². The number of benzene rings is 1. The third-order valence-electron chi connectivity index (χ3n) is 5.16. The Kier molecular flexibility index (Phi) is 3.67. The van der Waals surface area contributed by atoms with Crippen LogP contribution in [0.3, 0.4) is 0 Å². The Hall–Kier alpha value is -2.50. The molecule has 0 radical (unpaired) electrons. The molecule has 1 aromatic carbocycles. The molecule has 124 valence electrons. The number of H-pyrrole nitrogens is 1. The van der Waals surface area contributed by atoms with Crippen molar-refractivity contribution < 1.29 is 4.79 Å². The summed E-state index contributed by atoms with van der Waals surface area (Å²) in [6.45, 7) is 2.63. The lowest BCUT2D eigenvalue weighted by Gasteiger charge is -2.24. The number of amides is 1. The average molecular weight is 323 g/mol. The van der Waals surface area contributed by atoms with E-state index in [4.69, 9.17) is 0 Å². The predicted octanol–water partition coefficient (Wildman–Crippen LogP) is 2.29. The van der Waals surface area contributed by atoms with Crippen LogP contribution in [0.2, 0.25) is 0 Å². The molecule has 1 fully saturated rings. The van der Waals surface area contributed by atoms with E-state index in [1.165, 1.54) is 24.0 Å². The standard InChI is InChI=1S/C18H21N5O/c1-12-10-14(13-4-5-13)6-7-15(12)11-19-17(24)18(8-2-3-9-18)16-20-22-23-21-16/h2-3,6-7,10,13H,4-5,8-9,11H2,1H3,(H,19,24)(H,20,21,22,23). The van der Waals surface area contributed by atoms with Crippen LogP contribution in [0.1, 0.15) is 54.1 Å². The summed E-state index contributed by atoms with van der Waals surface area (Å²) in [5.41, 5.74) is 3.08. The largest absolute Gasteiger partial charge is 0.351 e. The number of aryl methyl sites for hydroxylation is 1. The van der Waals surface area contributed by atoms with Gasteiger partial charge >= 0.3 is 0 Å². The van der Waals surface area contributed by atoms with Crippen molar-refractivity contribution in [2.24, 2.45) is 0 Å². The van der Waals surface area contributed by atoms with Gasteiger partial charge in [-0.1, -0.05) is 35.6 Å². The Morgan fingerprint density at radius 1 is 1.33 bits per heavy atom. The van der Waals surface area contributed by atoms with Gasteiger partial charge in [0.05, 0.1) is 0 Å². The van der Waals surface area contributed by atoms with E-state index in [2.05, 4.69) is 51.1 Å². The van der Waals surface area contributed by atoms with Gasteiger partial charge in [-0.3, -0.25) is 4.79 Å². The quantitative estimate of drug-likeness (QED) is 0.827. The number of allylic oxidation sites excluding steroid dienone is 2. The molecule has 1 heterocycles. The molecule has 0 atom stereocenters. The van der Waals surface area contributed by atoms with Crippen LogP contribution in [0.4, 0.5) is 0 Å². The summed E-state index contributed by atoms with van der Waals surface area (Å²) in [6, 6.07) is 6.58. The van der Waals surface area contributed by atoms with Crippen LogP contribution in [0, 0.1) is 6.92 Å². The normalized spacial score (nSPS) is 18.7. The molecule has 6 heteroatoms. The topological polar surface area (TPSA) is 83.6 Å². The van der Waals surface area contributed by atoms with Crippen LogP contribution in [-0.4, -0.2) is 26.5 Å². The minimum atomic E-state index is -0.727. The zero-order chi connectivity index (χ0) is 16.6. The second kappa shape index (κ2) is 5.85. The Morgan fingerprint density at radius 3 is 2.75 bits per heavy atom. The highest BCUT2D eigenvalue weighted by molar-refractivity contribution is 5.88. The maximum atomic E-state index is 12.9. The monoisotopic (exact) mass is 323 g/mol. The van der Waals surface area contributed by atoms with E-state index >= 15 is 0 Å². The number of carbonyl (C=O) groups is 1. The van der Waals surface area contributed by atoms with Crippen molar-refractivity contribution in [2.45, 2.75) is 50.5 Å². The van der Waals surface area contributed by atoms with E-state index in [-0.39, 0.29) is 5.91 Å². The van der Waals surface area contributed by atoms with Crippen LogP contribution in [-0.2, 0) is 16.8 Å². The van der Waals surface area contributed by atoms with Gasteiger partial charge < -0.3 is 5.32 Å². The summed E-state index contributed by atoms with van der Waals surface area (Å²) in [5.74, 6) is 1.17. The van der Waals surface area contributed by atoms with Gasteiger partial charge in [0.25, 0.3) is 0 Å². The van der Waals surface area contributed by atoms with E-state index in [1.807, 2.05) is 12.2 Å². The second-order valence-electron chi connectivity index (χ2n) is 6.84. The molecule has 2 aromatic rings. The summed E-state index contributed by atoms with van der Waals surface area (Å²) in [4.78, 5) is 12.9. The minimum Gasteiger partial charge on any atom is -0.351 e. The third kappa shape index (κ3) is 2.62. The maximum Gasteiger partial charge on any atom is 0.234 e. The fourth-order valence-electron chi connectivity index (χ4n) is 3.42. The molecule has 0 unspecified atom stereocenters. The molecule has 1 amide bonds. The van der Waals surface area contributed by atoms with Crippen LogP contribution < -0.4 is 5.32 Å². The molecule has 2 aliphatic rings. The van der Waals surface area contributed by atoms with Crippen molar-refractivity contribution in [1.82, 2.24) is 25.9 Å². The van der Waals surface area contributed by atoms with E-state index in [9.17, 15) is 4.79 Å². The molecule has 4 rings (SSSR count). The number of rotatable bonds is 5. The smallest absolute Gasteiger partial charge is 0.234 e. The predicted molar refractivity (Wildman–Crippen MR) is 89.2 cm³/mol. The molecule has 0 spiro atoms. The summed E-state index contributed by atoms with van der Waals surface area (Å²) in [5, 5.41) is 17.3. The van der Waals surface area contributed by atoms with Gasteiger partial charge in [0.2, 0.25) is 5.91 Å². The lowest BCUT2D eigenvalue weighted by molar-refractivity contribution is -0.126. The highest BCUT2D eigenvalue weighted by atomic mass is 16.2. The number of hydrogen-bond acceptors (Lipinski definition) is 4. The van der Waals surface area contributed by atoms with E-state index in [0.29, 0.717) is 25.2 Å². The first-order valence-corrected chi connectivity index (χ1v) is 8.46. The van der Waals surface area contributed by atoms with Crippen molar-refractivity contribution >= 4 is 5.91 Å². The molecule has 1 aromatic heterocycles. The highest BCUT2D eigenvalue weighted by Crippen LogP contribution is 2.40. The summed E-state index contributed by atoms with van der Waals surface area (Å²) < 4.78 is 0. The molecule has 0 saturated heterocycles. The molecule has 1 saturated carbocycles. The molecule has 2 aliphatic carbocycles. The second-order valence-corrected chi connectivity index (χ2v) is 6.84. The van der Waals surface area contributed by atoms with E-state index in [1.54, 1.807) is 0 Å². The first-order chi connectivity index (χ1) is 11.7. The number of tetrazole rings is 1. The molecule has 2 N–H and O–H groups in total. The number of nitrogens with zero attached hydrogens (tertiary/aromatic N) is 3. The fraction of sp³-hybridized carbons (Fsp3) is 0.444. The van der Waals surface area contributed by atoms with Crippen LogP contribution in [0.5, 0.6) is 0 Å². The molecule has 0 aliphatic heterocycles. The van der Waals surface area contributed by atoms with Crippen molar-refractivity contribution in [1.29, 1.82) is 0 Å². The zero-order valence-electron chi connectivity index (χ0n) is 13.7. The third-order valence-corrected chi connectivity index (χ3v) is 5.16. The number of hydrogen-bond donors (Lipinski definition) is 2. The van der Waals surface area contributed by atoms with Gasteiger partial charge in [0.15, 0.2) is 5.82 Å². The van der Waals surface area contributed by atoms with Crippen molar-refractivity contribution in [3.63, 3.8) is 0 Å². The average Bonchev–Trinajstić information content (AvgIpc) is 3.09. The van der Waals surface area contributed by atoms with Crippen LogP contribution in [0.25, 0.3) is 0 Å². The first-order valence-electron chi connectivity index (χ1n) is 8.46. The Morgan fingerprint density at radius 2 is 2.12 bits per heavy atom. The molecule has 0 bridgehead atoms. The minimum absolute atomic E-state index is 0.0421. The van der Waals surface area contributed by atoms with Gasteiger partial charge in [-0.2, -0.15) is 5.21 Å². The molecule has 24 heavy (non-hydrogen) atoms. The van der Waals surface area contributed by atoms with Crippen LogP contribution >= 0.6 is 0 Å². The Bertz CT molecular complexity index is 769. The molecular weight excluding hydrogens is 302 g/mol. The van der Waals surface area contributed by atoms with E-state index < -0.39 is 5.41 Å². The van der Waals surface area contributed by atoms with Gasteiger partial charge in [0, 0.05) is 6.54 Å². The first kappa shape index (κ1) is 15.1. The van der Waals surface area contributed by atoms with Gasteiger partial charge in [-0.25, -0.2) is 0 Å². The van der Waals surface area contributed by atoms with Crippen molar-refractivity contribution in [3.8, 4) is 0 Å². The van der Waals surface area contributed by atoms with Crippen molar-refractivity contribution in [2.75, 3.05) is 0 Å². The zero-order valence-corrected chi connectivity index (χ0v) is 13.7. The van der Waals surface area contributed by atoms with Gasteiger partial charge in [0.1, 0.15) is 5.41 Å². The van der Waals surface area contributed by atoms with Gasteiger partial charge in [-0.15, -0.1) is 10.2 Å². The fourth-order valence-corrected chi connectivity index (χ4v) is 3.42. The number of aromatic nitrogens is 4. The number of aromatic amines is 1. The number of nitrogens with one attached hydrogen (secondary N) is 2.